The van der Waals surface area contributed by atoms with Gasteiger partial charge < -0.3 is 20.9 Å². The van der Waals surface area contributed by atoms with Crippen LogP contribution in [0.25, 0.3) is 0 Å². The largest absolute Gasteiger partial charge is 0.370 e. The minimum Gasteiger partial charge on any atom is -0.370 e. The molecule has 0 aromatic carbocycles. The van der Waals surface area contributed by atoms with Crippen LogP contribution in [0, 0.1) is 11.8 Å². The van der Waals surface area contributed by atoms with Crippen molar-refractivity contribution in [3.8, 4) is 0 Å². The number of guanidine groups is 1. The predicted octanol–water partition coefficient (Wildman–Crippen LogP) is 2.05. The molecule has 1 aliphatic carbocycles. The second-order valence-electron chi connectivity index (χ2n) is 8.25. The smallest absolute Gasteiger partial charge is 0.217 e. The van der Waals surface area contributed by atoms with Gasteiger partial charge in [0.05, 0.1) is 6.54 Å². The van der Waals surface area contributed by atoms with E-state index in [2.05, 4.69) is 36.1 Å². The van der Waals surface area contributed by atoms with Crippen LogP contribution >= 0.6 is 0 Å². The molecule has 0 aromatic rings. The highest BCUT2D eigenvalue weighted by molar-refractivity contribution is 5.80. The highest BCUT2D eigenvalue weighted by atomic mass is 16.1. The summed E-state index contributed by atoms with van der Waals surface area (Å²) in [5.41, 5.74) is 5.41. The zero-order chi connectivity index (χ0) is 18.9. The Kier molecular flexibility index (Phi) is 8.69. The fourth-order valence-corrected chi connectivity index (χ4v) is 4.57. The van der Waals surface area contributed by atoms with Crippen molar-refractivity contribution in [1.29, 1.82) is 0 Å². The number of likely N-dealkylation sites (N-methyl/N-ethyl adjacent to an activating group) is 1. The molecule has 2 unspecified atom stereocenters. The minimum atomic E-state index is -0.191. The fraction of sp³-hybridized carbons (Fsp3) is 0.900. The van der Waals surface area contributed by atoms with E-state index < -0.39 is 0 Å². The first-order valence-electron chi connectivity index (χ1n) is 10.5. The Morgan fingerprint density at radius 2 is 1.96 bits per heavy atom. The summed E-state index contributed by atoms with van der Waals surface area (Å²) in [5.74, 6) is 1.93. The van der Waals surface area contributed by atoms with Crippen molar-refractivity contribution in [1.82, 2.24) is 15.1 Å². The highest BCUT2D eigenvalue weighted by Gasteiger charge is 2.27. The maximum absolute atomic E-state index is 11.3. The molecule has 2 atom stereocenters. The summed E-state index contributed by atoms with van der Waals surface area (Å²) in [5, 5.41) is 3.46. The van der Waals surface area contributed by atoms with Crippen LogP contribution in [0.3, 0.4) is 0 Å². The van der Waals surface area contributed by atoms with E-state index in [0.29, 0.717) is 18.4 Å². The number of nitrogens with one attached hydrogen (secondary N) is 1. The maximum atomic E-state index is 11.3. The van der Waals surface area contributed by atoms with Gasteiger partial charge in [0.1, 0.15) is 0 Å². The van der Waals surface area contributed by atoms with E-state index in [1.807, 2.05) is 0 Å². The number of carbonyl (C=O) groups excluding carboxylic acids is 1. The summed E-state index contributed by atoms with van der Waals surface area (Å²) in [6, 6.07) is 0.509. The Balaban J connectivity index is 2.02. The van der Waals surface area contributed by atoms with Gasteiger partial charge >= 0.3 is 0 Å². The van der Waals surface area contributed by atoms with E-state index in [4.69, 9.17) is 10.7 Å². The van der Waals surface area contributed by atoms with Crippen molar-refractivity contribution in [2.45, 2.75) is 64.3 Å². The monoisotopic (exact) mass is 365 g/mol. The summed E-state index contributed by atoms with van der Waals surface area (Å²) in [6.07, 6.45) is 9.44. The average molecular weight is 366 g/mol. The molecule has 3 N–H and O–H groups in total. The number of primary amides is 1. The Morgan fingerprint density at radius 3 is 2.58 bits per heavy atom. The molecule has 2 fully saturated rings. The number of carbonyl (C=O) groups is 1. The van der Waals surface area contributed by atoms with Crippen LogP contribution in [0.1, 0.15) is 58.3 Å². The Hall–Kier alpha value is -1.30. The summed E-state index contributed by atoms with van der Waals surface area (Å²) >= 11 is 0. The first-order chi connectivity index (χ1) is 12.5. The van der Waals surface area contributed by atoms with Crippen molar-refractivity contribution in [3.05, 3.63) is 0 Å². The van der Waals surface area contributed by atoms with Crippen LogP contribution in [0.5, 0.6) is 0 Å². The topological polar surface area (TPSA) is 74.0 Å². The lowest BCUT2D eigenvalue weighted by atomic mass is 9.83. The standard InChI is InChI=1S/C20H39N5O/c1-4-22-20(25-12-8-9-16(15-25)13-19(21)26)23-14-18(24(2)3)17-10-6-5-7-11-17/h16-18H,4-15H2,1-3H3,(H2,21,26)(H,22,23). The third-order valence-corrected chi connectivity index (χ3v) is 5.93. The molecule has 26 heavy (non-hydrogen) atoms. The average Bonchev–Trinajstić information content (AvgIpc) is 2.61. The number of aliphatic imine (C=N–C) groups is 1. The minimum absolute atomic E-state index is 0.191. The lowest BCUT2D eigenvalue weighted by molar-refractivity contribution is -0.119. The lowest BCUT2D eigenvalue weighted by Crippen LogP contribution is -2.48. The van der Waals surface area contributed by atoms with Crippen molar-refractivity contribution >= 4 is 11.9 Å². The molecule has 0 radical (unpaired) electrons. The lowest BCUT2D eigenvalue weighted by Gasteiger charge is -2.36. The Labute approximate surface area is 159 Å². The summed E-state index contributed by atoms with van der Waals surface area (Å²) in [7, 11) is 4.37. The molecule has 1 saturated carbocycles. The van der Waals surface area contributed by atoms with Gasteiger partial charge in [0, 0.05) is 32.1 Å². The van der Waals surface area contributed by atoms with Gasteiger partial charge in [-0.15, -0.1) is 0 Å². The van der Waals surface area contributed by atoms with Gasteiger partial charge in [-0.1, -0.05) is 19.3 Å². The van der Waals surface area contributed by atoms with Crippen LogP contribution in [0.15, 0.2) is 4.99 Å². The van der Waals surface area contributed by atoms with Crippen molar-refractivity contribution in [2.75, 3.05) is 40.3 Å². The van der Waals surface area contributed by atoms with Crippen LogP contribution in [0.2, 0.25) is 0 Å². The van der Waals surface area contributed by atoms with Crippen LogP contribution in [0.4, 0.5) is 0 Å². The highest BCUT2D eigenvalue weighted by Crippen LogP contribution is 2.28. The molecular weight excluding hydrogens is 326 g/mol. The second kappa shape index (κ2) is 10.8. The molecular formula is C20H39N5O. The van der Waals surface area contributed by atoms with E-state index in [-0.39, 0.29) is 5.91 Å². The number of nitrogens with zero attached hydrogens (tertiary/aromatic N) is 3. The van der Waals surface area contributed by atoms with Crippen LogP contribution in [-0.2, 0) is 4.79 Å². The summed E-state index contributed by atoms with van der Waals surface area (Å²) < 4.78 is 0. The molecule has 6 heteroatoms. The maximum Gasteiger partial charge on any atom is 0.217 e. The molecule has 0 bridgehead atoms. The molecule has 2 rings (SSSR count). The molecule has 0 aromatic heterocycles. The second-order valence-corrected chi connectivity index (χ2v) is 8.25. The molecule has 6 nitrogen and oxygen atoms in total. The number of likely N-dealkylation sites (tertiary alicyclic amines) is 1. The number of piperidine rings is 1. The van der Waals surface area contributed by atoms with E-state index in [1.165, 1.54) is 32.1 Å². The quantitative estimate of drug-likeness (QED) is 0.535. The summed E-state index contributed by atoms with van der Waals surface area (Å²) in [6.45, 7) is 5.72. The number of hydrogen-bond donors (Lipinski definition) is 2. The van der Waals surface area contributed by atoms with Gasteiger partial charge in [-0.25, -0.2) is 0 Å². The van der Waals surface area contributed by atoms with E-state index in [0.717, 1.165) is 50.9 Å². The third kappa shape index (κ3) is 6.45. The Morgan fingerprint density at radius 1 is 1.23 bits per heavy atom. The van der Waals surface area contributed by atoms with Gasteiger partial charge in [0.15, 0.2) is 5.96 Å². The molecule has 1 saturated heterocycles. The predicted molar refractivity (Wildman–Crippen MR) is 108 cm³/mol. The fourth-order valence-electron chi connectivity index (χ4n) is 4.57. The zero-order valence-electron chi connectivity index (χ0n) is 17.0. The van der Waals surface area contributed by atoms with Crippen LogP contribution in [-0.4, -0.2) is 68.0 Å². The van der Waals surface area contributed by atoms with Gasteiger partial charge in [0.2, 0.25) is 5.91 Å². The summed E-state index contributed by atoms with van der Waals surface area (Å²) in [4.78, 5) is 21.0. The zero-order valence-corrected chi connectivity index (χ0v) is 17.0. The first kappa shape index (κ1) is 21.0. The number of amides is 1. The molecule has 2 aliphatic rings. The van der Waals surface area contributed by atoms with Gasteiger partial charge in [-0.05, 0) is 58.5 Å². The van der Waals surface area contributed by atoms with Crippen LogP contribution < -0.4 is 11.1 Å². The normalized spacial score (nSPS) is 23.9. The number of hydrogen-bond acceptors (Lipinski definition) is 3. The Bertz CT molecular complexity index is 459. The number of nitrogens with two attached hydrogens (primary N) is 1. The molecule has 150 valence electrons. The van der Waals surface area contributed by atoms with E-state index >= 15 is 0 Å². The molecule has 1 aliphatic heterocycles. The SMILES string of the molecule is CCNC(=NCC(C1CCCCC1)N(C)C)N1CCCC(CC(N)=O)C1. The van der Waals surface area contributed by atoms with Gasteiger partial charge in [-0.2, -0.15) is 0 Å². The van der Waals surface area contributed by atoms with Crippen molar-refractivity contribution < 1.29 is 4.79 Å². The van der Waals surface area contributed by atoms with Gasteiger partial charge in [0.25, 0.3) is 0 Å². The molecule has 1 heterocycles. The van der Waals surface area contributed by atoms with Crippen molar-refractivity contribution in [3.63, 3.8) is 0 Å². The number of rotatable bonds is 7. The van der Waals surface area contributed by atoms with Gasteiger partial charge in [-0.3, -0.25) is 9.79 Å². The molecule has 0 spiro atoms. The van der Waals surface area contributed by atoms with E-state index in [9.17, 15) is 4.79 Å². The first-order valence-corrected chi connectivity index (χ1v) is 10.5. The molecule has 1 amide bonds. The third-order valence-electron chi connectivity index (χ3n) is 5.93. The van der Waals surface area contributed by atoms with Crippen molar-refractivity contribution in [2.24, 2.45) is 22.6 Å². The van der Waals surface area contributed by atoms with E-state index in [1.54, 1.807) is 0 Å².